The van der Waals surface area contributed by atoms with Crippen LogP contribution in [0.15, 0.2) is 48.8 Å². The Kier molecular flexibility index (Phi) is 5.43. The second kappa shape index (κ2) is 8.21. The van der Waals surface area contributed by atoms with E-state index in [1.807, 2.05) is 0 Å². The first kappa shape index (κ1) is 21.2. The number of hydrogen-bond donors (Lipinski definition) is 2. The molecule has 0 unspecified atom stereocenters. The minimum Gasteiger partial charge on any atom is -0.383 e. The van der Waals surface area contributed by atoms with Crippen molar-refractivity contribution in [1.29, 1.82) is 0 Å². The van der Waals surface area contributed by atoms with Crippen LogP contribution in [0.3, 0.4) is 0 Å². The van der Waals surface area contributed by atoms with Crippen LogP contribution >= 0.6 is 0 Å². The van der Waals surface area contributed by atoms with Gasteiger partial charge in [0.15, 0.2) is 11.5 Å². The maximum atomic E-state index is 14.1. The second-order valence-electron chi connectivity index (χ2n) is 6.76. The molecule has 4 aromatic rings. The molecule has 12 heteroatoms. The minimum atomic E-state index is -4.57. The Labute approximate surface area is 178 Å². The van der Waals surface area contributed by atoms with E-state index in [0.29, 0.717) is 16.6 Å². The van der Waals surface area contributed by atoms with Gasteiger partial charge in [-0.25, -0.2) is 24.0 Å². The van der Waals surface area contributed by atoms with Gasteiger partial charge in [-0.3, -0.25) is 4.79 Å². The molecule has 1 amide bonds. The topological polar surface area (TPSA) is 112 Å². The number of fused-ring (bicyclic) bond motifs is 1. The largest absolute Gasteiger partial charge is 0.405 e. The van der Waals surface area contributed by atoms with Gasteiger partial charge in [0.1, 0.15) is 23.9 Å². The van der Waals surface area contributed by atoms with Crippen molar-refractivity contribution in [3.8, 4) is 11.5 Å². The molecule has 3 aromatic heterocycles. The van der Waals surface area contributed by atoms with Crippen molar-refractivity contribution in [2.45, 2.75) is 12.7 Å². The number of halogens is 4. The lowest BCUT2D eigenvalue weighted by molar-refractivity contribution is -0.123. The fourth-order valence-electron chi connectivity index (χ4n) is 3.03. The van der Waals surface area contributed by atoms with Crippen molar-refractivity contribution in [1.82, 2.24) is 30.0 Å². The zero-order valence-electron chi connectivity index (χ0n) is 16.3. The predicted octanol–water partition coefficient (Wildman–Crippen LogP) is 2.95. The van der Waals surface area contributed by atoms with Gasteiger partial charge in [-0.1, -0.05) is 18.2 Å². The summed E-state index contributed by atoms with van der Waals surface area (Å²) in [5, 5.41) is 6.71. The summed E-state index contributed by atoms with van der Waals surface area (Å²) in [5.41, 5.74) is 6.62. The Morgan fingerprint density at radius 2 is 1.91 bits per heavy atom. The van der Waals surface area contributed by atoms with Crippen LogP contribution in [0.4, 0.5) is 23.4 Å². The number of nitrogens with zero attached hydrogens (tertiary/aromatic N) is 5. The van der Waals surface area contributed by atoms with Crippen LogP contribution in [0.5, 0.6) is 0 Å². The highest BCUT2D eigenvalue weighted by Crippen LogP contribution is 2.26. The van der Waals surface area contributed by atoms with Crippen LogP contribution in [0.2, 0.25) is 0 Å². The number of amides is 1. The van der Waals surface area contributed by atoms with Gasteiger partial charge in [0.25, 0.3) is 5.91 Å². The number of hydrogen-bond acceptors (Lipinski definition) is 6. The summed E-state index contributed by atoms with van der Waals surface area (Å²) in [7, 11) is 0. The number of anilines is 1. The Balaban J connectivity index is 1.69. The zero-order chi connectivity index (χ0) is 22.9. The molecule has 0 aliphatic rings. The summed E-state index contributed by atoms with van der Waals surface area (Å²) in [6.07, 6.45) is -1.99. The molecule has 0 fully saturated rings. The molecule has 164 valence electrons. The Morgan fingerprint density at radius 1 is 1.12 bits per heavy atom. The zero-order valence-corrected chi connectivity index (χ0v) is 16.3. The highest BCUT2D eigenvalue weighted by molar-refractivity contribution is 5.98. The molecule has 0 aliphatic carbocycles. The summed E-state index contributed by atoms with van der Waals surface area (Å²) in [6, 6.07) is 9.61. The number of nitrogens with one attached hydrogen (secondary N) is 1. The molecule has 0 saturated heterocycles. The lowest BCUT2D eigenvalue weighted by Gasteiger charge is -2.09. The van der Waals surface area contributed by atoms with Crippen LogP contribution in [0.1, 0.15) is 15.9 Å². The first-order valence-corrected chi connectivity index (χ1v) is 9.26. The molecule has 4 rings (SSSR count). The number of benzene rings is 1. The fraction of sp³-hybridized carbons (Fsp3) is 0.150. The molecule has 0 radical (unpaired) electrons. The van der Waals surface area contributed by atoms with Gasteiger partial charge >= 0.3 is 6.18 Å². The molecule has 0 bridgehead atoms. The van der Waals surface area contributed by atoms with Crippen molar-refractivity contribution in [2.75, 3.05) is 12.3 Å². The van der Waals surface area contributed by atoms with E-state index in [4.69, 9.17) is 5.73 Å². The first-order chi connectivity index (χ1) is 15.2. The Morgan fingerprint density at radius 3 is 2.62 bits per heavy atom. The summed E-state index contributed by atoms with van der Waals surface area (Å²) in [4.78, 5) is 24.4. The van der Waals surface area contributed by atoms with E-state index in [-0.39, 0.29) is 29.4 Å². The summed E-state index contributed by atoms with van der Waals surface area (Å²) in [6.45, 7) is -1.42. The van der Waals surface area contributed by atoms with E-state index < -0.39 is 24.4 Å². The molecule has 3 heterocycles. The second-order valence-corrected chi connectivity index (χ2v) is 6.76. The van der Waals surface area contributed by atoms with Crippen LogP contribution in [0, 0.1) is 5.82 Å². The molecule has 3 N–H and O–H groups in total. The van der Waals surface area contributed by atoms with Crippen molar-refractivity contribution in [3.63, 3.8) is 0 Å². The third-order valence-corrected chi connectivity index (χ3v) is 4.51. The van der Waals surface area contributed by atoms with Crippen molar-refractivity contribution in [3.05, 3.63) is 65.7 Å². The van der Waals surface area contributed by atoms with Gasteiger partial charge in [-0.05, 0) is 18.2 Å². The third-order valence-electron chi connectivity index (χ3n) is 4.51. The number of nitrogens with two attached hydrogens (primary N) is 1. The van der Waals surface area contributed by atoms with E-state index in [2.05, 4.69) is 20.1 Å². The minimum absolute atomic E-state index is 0.0418. The molecule has 0 spiro atoms. The fourth-order valence-corrected chi connectivity index (χ4v) is 3.03. The van der Waals surface area contributed by atoms with Crippen LogP contribution in [-0.4, -0.2) is 43.4 Å². The first-order valence-electron chi connectivity index (χ1n) is 9.26. The van der Waals surface area contributed by atoms with E-state index in [9.17, 15) is 22.4 Å². The summed E-state index contributed by atoms with van der Waals surface area (Å²) >= 11 is 0. The highest BCUT2D eigenvalue weighted by atomic mass is 19.4. The van der Waals surface area contributed by atoms with Gasteiger partial charge in [-0.2, -0.15) is 18.3 Å². The molecule has 1 aromatic carbocycles. The number of carbonyl (C=O) groups excluding carboxylic acids is 1. The summed E-state index contributed by atoms with van der Waals surface area (Å²) < 4.78 is 52.6. The predicted molar refractivity (Wildman–Crippen MR) is 107 cm³/mol. The number of rotatable bonds is 5. The average Bonchev–Trinajstić information content (AvgIpc) is 3.12. The quantitative estimate of drug-likeness (QED) is 0.457. The number of carbonyl (C=O) groups is 1. The van der Waals surface area contributed by atoms with Crippen LogP contribution in [0.25, 0.3) is 22.6 Å². The van der Waals surface area contributed by atoms with Gasteiger partial charge in [-0.15, -0.1) is 0 Å². The number of alkyl halides is 3. The Hall–Kier alpha value is -4.09. The number of pyridine rings is 1. The SMILES string of the molecule is Nc1nc(-c2nn(Cc3ccccc3F)c3ncccc23)ncc1C(=O)NCC(F)(F)F. The molecular weight excluding hydrogens is 430 g/mol. The Bertz CT molecular complexity index is 1300. The van der Waals surface area contributed by atoms with Crippen molar-refractivity contribution in [2.24, 2.45) is 0 Å². The van der Waals surface area contributed by atoms with Gasteiger partial charge in [0, 0.05) is 18.0 Å². The van der Waals surface area contributed by atoms with Crippen LogP contribution < -0.4 is 11.1 Å². The lowest BCUT2D eigenvalue weighted by atomic mass is 10.2. The van der Waals surface area contributed by atoms with E-state index in [1.165, 1.54) is 10.7 Å². The monoisotopic (exact) mass is 445 g/mol. The highest BCUT2D eigenvalue weighted by Gasteiger charge is 2.28. The van der Waals surface area contributed by atoms with Gasteiger partial charge < -0.3 is 11.1 Å². The molecule has 8 nitrogen and oxygen atoms in total. The molecule has 32 heavy (non-hydrogen) atoms. The molecule has 0 saturated carbocycles. The van der Waals surface area contributed by atoms with Gasteiger partial charge in [0.05, 0.1) is 17.5 Å². The van der Waals surface area contributed by atoms with Gasteiger partial charge in [0.2, 0.25) is 0 Å². The number of nitrogen functional groups attached to an aromatic ring is 1. The molecule has 0 aliphatic heterocycles. The maximum absolute atomic E-state index is 14.1. The van der Waals surface area contributed by atoms with E-state index in [0.717, 1.165) is 6.20 Å². The van der Waals surface area contributed by atoms with E-state index >= 15 is 0 Å². The maximum Gasteiger partial charge on any atom is 0.405 e. The summed E-state index contributed by atoms with van der Waals surface area (Å²) in [5.74, 6) is -1.72. The third kappa shape index (κ3) is 4.33. The number of aromatic nitrogens is 5. The standard InChI is InChI=1S/C20H15F4N7O/c21-14-6-2-1-4-11(14)9-31-18-12(5-3-7-26-18)15(30-31)17-27-8-13(16(25)29-17)19(32)28-10-20(22,23)24/h1-8H,9-10H2,(H,28,32)(H2,25,27,29). The molecule has 0 atom stereocenters. The van der Waals surface area contributed by atoms with Crippen LogP contribution in [-0.2, 0) is 6.54 Å². The average molecular weight is 445 g/mol. The van der Waals surface area contributed by atoms with Crippen molar-refractivity contribution < 1.29 is 22.4 Å². The lowest BCUT2D eigenvalue weighted by Crippen LogP contribution is -2.34. The van der Waals surface area contributed by atoms with E-state index in [1.54, 1.807) is 41.8 Å². The molecular formula is C20H15F4N7O. The normalized spacial score (nSPS) is 11.6. The van der Waals surface area contributed by atoms with Crippen molar-refractivity contribution >= 4 is 22.8 Å². The smallest absolute Gasteiger partial charge is 0.383 e.